The van der Waals surface area contributed by atoms with Crippen LogP contribution < -0.4 is 15.5 Å². The van der Waals surface area contributed by atoms with Crippen molar-refractivity contribution < 1.29 is 4.79 Å². The van der Waals surface area contributed by atoms with E-state index in [1.165, 1.54) is 11.3 Å². The van der Waals surface area contributed by atoms with Crippen LogP contribution in [-0.4, -0.2) is 32.9 Å². The SMILES string of the molecule is Cc1nc(Nc2ncc(CC(=O)Nc3ccccc3)s2)nc(N(C)c2ccccc2C)n1. The monoisotopic (exact) mass is 445 g/mol. The maximum atomic E-state index is 12.3. The van der Waals surface area contributed by atoms with E-state index < -0.39 is 0 Å². The minimum absolute atomic E-state index is 0.0930. The summed E-state index contributed by atoms with van der Waals surface area (Å²) in [5.74, 6) is 1.44. The first-order valence-corrected chi connectivity index (χ1v) is 10.9. The van der Waals surface area contributed by atoms with Gasteiger partial charge in [0.05, 0.1) is 6.42 Å². The molecule has 0 aliphatic heterocycles. The van der Waals surface area contributed by atoms with Crippen molar-refractivity contribution in [1.29, 1.82) is 0 Å². The first-order valence-electron chi connectivity index (χ1n) is 10.1. The smallest absolute Gasteiger partial charge is 0.234 e. The lowest BCUT2D eigenvalue weighted by molar-refractivity contribution is -0.115. The number of amides is 1. The molecule has 0 aliphatic rings. The summed E-state index contributed by atoms with van der Waals surface area (Å²) in [6.07, 6.45) is 1.93. The van der Waals surface area contributed by atoms with Crippen molar-refractivity contribution in [3.05, 3.63) is 77.1 Å². The van der Waals surface area contributed by atoms with Crippen molar-refractivity contribution in [3.63, 3.8) is 0 Å². The van der Waals surface area contributed by atoms with Gasteiger partial charge < -0.3 is 10.2 Å². The van der Waals surface area contributed by atoms with Gasteiger partial charge in [-0.05, 0) is 37.6 Å². The van der Waals surface area contributed by atoms with E-state index in [1.807, 2.05) is 80.4 Å². The van der Waals surface area contributed by atoms with Gasteiger partial charge in [-0.15, -0.1) is 11.3 Å². The van der Waals surface area contributed by atoms with Crippen molar-refractivity contribution >= 4 is 45.6 Å². The minimum Gasteiger partial charge on any atom is -0.326 e. The van der Waals surface area contributed by atoms with Crippen LogP contribution in [0.4, 0.5) is 28.4 Å². The number of carbonyl (C=O) groups is 1. The molecule has 2 aromatic carbocycles. The standard InChI is InChI=1S/C23H23N7OS/c1-15-9-7-8-12-19(15)30(3)22-26-16(2)25-21(28-22)29-23-24-14-18(32-23)13-20(31)27-17-10-5-4-6-11-17/h4-12,14H,13H2,1-3H3,(H,27,31)(H,24,25,26,28,29). The highest BCUT2D eigenvalue weighted by atomic mass is 32.1. The number of thiazole rings is 1. The first-order chi connectivity index (χ1) is 15.5. The van der Waals surface area contributed by atoms with Crippen LogP contribution >= 0.6 is 11.3 Å². The first kappa shape index (κ1) is 21.4. The molecular formula is C23H23N7OS. The second-order valence-electron chi connectivity index (χ2n) is 7.20. The molecule has 0 radical (unpaired) electrons. The number of para-hydroxylation sites is 2. The molecule has 0 fully saturated rings. The Hall–Kier alpha value is -3.85. The van der Waals surface area contributed by atoms with Crippen LogP contribution in [0.2, 0.25) is 0 Å². The molecule has 4 aromatic rings. The highest BCUT2D eigenvalue weighted by Crippen LogP contribution is 2.26. The third-order valence-electron chi connectivity index (χ3n) is 4.68. The minimum atomic E-state index is -0.0930. The Morgan fingerprint density at radius 3 is 2.53 bits per heavy atom. The maximum absolute atomic E-state index is 12.3. The summed E-state index contributed by atoms with van der Waals surface area (Å²) in [6.45, 7) is 3.87. The van der Waals surface area contributed by atoms with Gasteiger partial charge in [-0.25, -0.2) is 4.98 Å². The molecule has 0 spiro atoms. The second kappa shape index (κ2) is 9.52. The number of nitrogens with one attached hydrogen (secondary N) is 2. The number of aryl methyl sites for hydroxylation is 2. The topological polar surface area (TPSA) is 95.9 Å². The molecule has 0 saturated heterocycles. The fourth-order valence-corrected chi connectivity index (χ4v) is 3.95. The average molecular weight is 446 g/mol. The molecule has 1 amide bonds. The third kappa shape index (κ3) is 5.25. The molecule has 0 saturated carbocycles. The van der Waals surface area contributed by atoms with Crippen LogP contribution in [0.15, 0.2) is 60.8 Å². The van der Waals surface area contributed by atoms with Crippen molar-refractivity contribution in [2.24, 2.45) is 0 Å². The number of hydrogen-bond donors (Lipinski definition) is 2. The van der Waals surface area contributed by atoms with Gasteiger partial charge in [0, 0.05) is 29.5 Å². The summed E-state index contributed by atoms with van der Waals surface area (Å²) in [5, 5.41) is 6.63. The van der Waals surface area contributed by atoms with E-state index >= 15 is 0 Å². The lowest BCUT2D eigenvalue weighted by Crippen LogP contribution is -2.16. The molecule has 0 unspecified atom stereocenters. The zero-order valence-electron chi connectivity index (χ0n) is 18.0. The van der Waals surface area contributed by atoms with Crippen molar-refractivity contribution in [2.45, 2.75) is 20.3 Å². The molecule has 2 N–H and O–H groups in total. The molecule has 4 rings (SSSR count). The fourth-order valence-electron chi connectivity index (χ4n) is 3.15. The van der Waals surface area contributed by atoms with Crippen molar-refractivity contribution in [3.8, 4) is 0 Å². The normalized spacial score (nSPS) is 10.6. The maximum Gasteiger partial charge on any atom is 0.234 e. The van der Waals surface area contributed by atoms with E-state index in [-0.39, 0.29) is 12.3 Å². The number of aromatic nitrogens is 4. The number of benzene rings is 2. The second-order valence-corrected chi connectivity index (χ2v) is 8.31. The Kier molecular flexibility index (Phi) is 6.37. The molecular weight excluding hydrogens is 422 g/mol. The van der Waals surface area contributed by atoms with E-state index in [2.05, 4.69) is 30.6 Å². The van der Waals surface area contributed by atoms with E-state index in [0.717, 1.165) is 21.8 Å². The zero-order chi connectivity index (χ0) is 22.5. The molecule has 2 heterocycles. The van der Waals surface area contributed by atoms with Gasteiger partial charge in [-0.1, -0.05) is 36.4 Å². The largest absolute Gasteiger partial charge is 0.326 e. The van der Waals surface area contributed by atoms with Crippen LogP contribution in [0.25, 0.3) is 0 Å². The van der Waals surface area contributed by atoms with Crippen LogP contribution in [0, 0.1) is 13.8 Å². The van der Waals surface area contributed by atoms with Gasteiger partial charge in [0.2, 0.25) is 17.8 Å². The number of rotatable bonds is 7. The molecule has 32 heavy (non-hydrogen) atoms. The molecule has 0 bridgehead atoms. The predicted molar refractivity (Wildman–Crippen MR) is 128 cm³/mol. The lowest BCUT2D eigenvalue weighted by atomic mass is 10.2. The van der Waals surface area contributed by atoms with Gasteiger partial charge in [-0.3, -0.25) is 10.1 Å². The summed E-state index contributed by atoms with van der Waals surface area (Å²) >= 11 is 1.39. The van der Waals surface area contributed by atoms with Gasteiger partial charge in [0.1, 0.15) is 5.82 Å². The van der Waals surface area contributed by atoms with Crippen molar-refractivity contribution in [1.82, 2.24) is 19.9 Å². The summed E-state index contributed by atoms with van der Waals surface area (Å²) in [6, 6.07) is 17.4. The highest BCUT2D eigenvalue weighted by molar-refractivity contribution is 7.15. The predicted octanol–water partition coefficient (Wildman–Crippen LogP) is 4.64. The summed E-state index contributed by atoms with van der Waals surface area (Å²) < 4.78 is 0. The molecule has 9 heteroatoms. The number of nitrogens with zero attached hydrogens (tertiary/aromatic N) is 5. The molecule has 0 atom stereocenters. The fraction of sp³-hybridized carbons (Fsp3) is 0.174. The number of carbonyl (C=O) groups excluding carboxylic acids is 1. The third-order valence-corrected chi connectivity index (χ3v) is 5.59. The van der Waals surface area contributed by atoms with Crippen LogP contribution in [0.3, 0.4) is 0 Å². The zero-order valence-corrected chi connectivity index (χ0v) is 18.8. The Morgan fingerprint density at radius 2 is 1.75 bits per heavy atom. The van der Waals surface area contributed by atoms with Gasteiger partial charge in [0.25, 0.3) is 0 Å². The van der Waals surface area contributed by atoms with E-state index in [4.69, 9.17) is 0 Å². The summed E-state index contributed by atoms with van der Waals surface area (Å²) in [5.41, 5.74) is 2.91. The van der Waals surface area contributed by atoms with Crippen molar-refractivity contribution in [2.75, 3.05) is 22.6 Å². The van der Waals surface area contributed by atoms with Crippen LogP contribution in [0.5, 0.6) is 0 Å². The Morgan fingerprint density at radius 1 is 1.00 bits per heavy atom. The van der Waals surface area contributed by atoms with Gasteiger partial charge >= 0.3 is 0 Å². The Labute approximate surface area is 190 Å². The van der Waals surface area contributed by atoms with Gasteiger partial charge in [-0.2, -0.15) is 15.0 Å². The van der Waals surface area contributed by atoms with E-state index in [0.29, 0.717) is 22.9 Å². The summed E-state index contributed by atoms with van der Waals surface area (Å²) in [7, 11) is 1.92. The summed E-state index contributed by atoms with van der Waals surface area (Å²) in [4.78, 5) is 32.8. The van der Waals surface area contributed by atoms with E-state index in [1.54, 1.807) is 6.20 Å². The molecule has 162 valence electrons. The Bertz CT molecular complexity index is 1230. The molecule has 2 aromatic heterocycles. The van der Waals surface area contributed by atoms with Crippen LogP contribution in [-0.2, 0) is 11.2 Å². The average Bonchev–Trinajstić information content (AvgIpc) is 3.20. The highest BCUT2D eigenvalue weighted by Gasteiger charge is 2.14. The quantitative estimate of drug-likeness (QED) is 0.428. The van der Waals surface area contributed by atoms with E-state index in [9.17, 15) is 4.79 Å². The molecule has 8 nitrogen and oxygen atoms in total. The number of anilines is 5. The van der Waals surface area contributed by atoms with Crippen LogP contribution in [0.1, 0.15) is 16.3 Å². The lowest BCUT2D eigenvalue weighted by Gasteiger charge is -2.19. The van der Waals surface area contributed by atoms with Gasteiger partial charge in [0.15, 0.2) is 5.13 Å². The Balaban J connectivity index is 1.45. The molecule has 0 aliphatic carbocycles. The number of hydrogen-bond acceptors (Lipinski definition) is 8.